The highest BCUT2D eigenvalue weighted by Crippen LogP contribution is 2.22. The first-order valence-electron chi connectivity index (χ1n) is 8.61. The first-order chi connectivity index (χ1) is 13.3. The van der Waals surface area contributed by atoms with Crippen LogP contribution in [0.3, 0.4) is 0 Å². The molecule has 1 rings (SSSR count). The van der Waals surface area contributed by atoms with E-state index in [4.69, 9.17) is 11.5 Å². The molecule has 1 aromatic carbocycles. The third-order valence-corrected chi connectivity index (χ3v) is 3.69. The van der Waals surface area contributed by atoms with Crippen molar-refractivity contribution in [1.82, 2.24) is 5.32 Å². The van der Waals surface area contributed by atoms with Gasteiger partial charge in [0.1, 0.15) is 17.0 Å². The van der Waals surface area contributed by atoms with Crippen molar-refractivity contribution in [3.63, 3.8) is 0 Å². The lowest BCUT2D eigenvalue weighted by Crippen LogP contribution is -2.54. The zero-order valence-corrected chi connectivity index (χ0v) is 16.0. The first kappa shape index (κ1) is 24.1. The molecular formula is C18H23F3N4O4. The lowest BCUT2D eigenvalue weighted by atomic mass is 10.0. The van der Waals surface area contributed by atoms with Crippen molar-refractivity contribution in [2.75, 3.05) is 6.54 Å². The van der Waals surface area contributed by atoms with Crippen LogP contribution in [-0.4, -0.2) is 41.9 Å². The van der Waals surface area contributed by atoms with Gasteiger partial charge in [0.05, 0.1) is 6.42 Å². The number of carbonyl (C=O) groups is 3. The van der Waals surface area contributed by atoms with Gasteiger partial charge in [-0.1, -0.05) is 12.1 Å². The Bertz CT molecular complexity index is 774. The van der Waals surface area contributed by atoms with Gasteiger partial charge in [0, 0.05) is 0 Å². The fourth-order valence-corrected chi connectivity index (χ4v) is 2.08. The summed E-state index contributed by atoms with van der Waals surface area (Å²) in [5.41, 5.74) is 9.55. The highest BCUT2D eigenvalue weighted by Gasteiger charge is 2.31. The van der Waals surface area contributed by atoms with Crippen molar-refractivity contribution in [2.24, 2.45) is 16.5 Å². The average molecular weight is 416 g/mol. The Hall–Kier alpha value is -2.95. The summed E-state index contributed by atoms with van der Waals surface area (Å²) in [5, 5.41) is 2.40. The Kier molecular flexibility index (Phi) is 8.31. The highest BCUT2D eigenvalue weighted by atomic mass is 19.4. The van der Waals surface area contributed by atoms with Crippen molar-refractivity contribution < 1.29 is 32.3 Å². The molecule has 0 aliphatic rings. The van der Waals surface area contributed by atoms with Gasteiger partial charge in [0.25, 0.3) is 11.8 Å². The van der Waals surface area contributed by atoms with E-state index in [1.165, 1.54) is 26.0 Å². The fourth-order valence-electron chi connectivity index (χ4n) is 2.08. The number of nitrogens with zero attached hydrogens (tertiary/aromatic N) is 1. The molecule has 0 spiro atoms. The van der Waals surface area contributed by atoms with Gasteiger partial charge < -0.3 is 21.5 Å². The molecule has 0 atom stereocenters. The smallest absolute Gasteiger partial charge is 0.406 e. The van der Waals surface area contributed by atoms with Crippen LogP contribution in [0.5, 0.6) is 5.75 Å². The zero-order chi connectivity index (χ0) is 22.2. The maximum absolute atomic E-state index is 12.4. The number of primary amides is 1. The van der Waals surface area contributed by atoms with Crippen molar-refractivity contribution in [2.45, 2.75) is 45.0 Å². The molecule has 0 unspecified atom stereocenters. The molecular weight excluding hydrogens is 393 g/mol. The van der Waals surface area contributed by atoms with Crippen LogP contribution in [0.4, 0.5) is 13.2 Å². The molecule has 0 bridgehead atoms. The van der Waals surface area contributed by atoms with Crippen LogP contribution in [0.2, 0.25) is 0 Å². The first-order valence-corrected chi connectivity index (χ1v) is 8.61. The van der Waals surface area contributed by atoms with Crippen LogP contribution < -0.4 is 21.5 Å². The molecule has 0 aliphatic carbocycles. The summed E-state index contributed by atoms with van der Waals surface area (Å²) in [6.07, 6.45) is -4.59. The molecule has 0 heterocycles. The highest BCUT2D eigenvalue weighted by molar-refractivity contribution is 6.40. The second-order valence-electron chi connectivity index (χ2n) is 6.66. The minimum atomic E-state index is -4.81. The molecule has 0 saturated carbocycles. The van der Waals surface area contributed by atoms with E-state index in [0.717, 1.165) is 12.1 Å². The molecule has 5 N–H and O–H groups in total. The molecule has 0 fully saturated rings. The number of ether oxygens (including phenoxy) is 1. The normalized spacial score (nSPS) is 12.4. The van der Waals surface area contributed by atoms with Crippen molar-refractivity contribution in [3.8, 4) is 5.75 Å². The number of aliphatic imine (C=N–C) groups is 1. The minimum absolute atomic E-state index is 0.0985. The summed E-state index contributed by atoms with van der Waals surface area (Å²) in [6.45, 7) is 3.06. The van der Waals surface area contributed by atoms with E-state index in [1.807, 2.05) is 0 Å². The number of amides is 3. The molecule has 160 valence electrons. The Morgan fingerprint density at radius 2 is 1.72 bits per heavy atom. The van der Waals surface area contributed by atoms with E-state index in [2.05, 4.69) is 15.0 Å². The molecule has 29 heavy (non-hydrogen) atoms. The van der Waals surface area contributed by atoms with Crippen LogP contribution in [-0.2, 0) is 20.8 Å². The van der Waals surface area contributed by atoms with E-state index in [0.29, 0.717) is 12.0 Å². The van der Waals surface area contributed by atoms with Gasteiger partial charge in [-0.3, -0.25) is 14.4 Å². The van der Waals surface area contributed by atoms with Crippen LogP contribution in [0.25, 0.3) is 0 Å². The summed E-state index contributed by atoms with van der Waals surface area (Å²) in [5.74, 6) is -2.61. The SMILES string of the molecule is CC(C)(NC(=O)C(CCCN)=NC(=O)Cc1ccc(OC(F)(F)F)cc1)C(N)=O. The number of nitrogens with one attached hydrogen (secondary N) is 1. The van der Waals surface area contributed by atoms with Gasteiger partial charge in [-0.05, 0) is 50.9 Å². The largest absolute Gasteiger partial charge is 0.573 e. The third kappa shape index (κ3) is 8.73. The zero-order valence-electron chi connectivity index (χ0n) is 16.0. The minimum Gasteiger partial charge on any atom is -0.406 e. The van der Waals surface area contributed by atoms with Crippen LogP contribution in [0.15, 0.2) is 29.3 Å². The van der Waals surface area contributed by atoms with E-state index < -0.39 is 35.4 Å². The van der Waals surface area contributed by atoms with Gasteiger partial charge in [-0.15, -0.1) is 13.2 Å². The molecule has 8 nitrogen and oxygen atoms in total. The molecule has 0 aromatic heterocycles. The lowest BCUT2D eigenvalue weighted by molar-refractivity contribution is -0.274. The number of rotatable bonds is 9. The summed E-state index contributed by atoms with van der Waals surface area (Å²) in [7, 11) is 0. The van der Waals surface area contributed by atoms with Crippen LogP contribution >= 0.6 is 0 Å². The molecule has 0 radical (unpaired) electrons. The molecule has 3 amide bonds. The Morgan fingerprint density at radius 3 is 2.21 bits per heavy atom. The second-order valence-corrected chi connectivity index (χ2v) is 6.66. The maximum atomic E-state index is 12.4. The van der Waals surface area contributed by atoms with Gasteiger partial charge in [-0.2, -0.15) is 0 Å². The van der Waals surface area contributed by atoms with Crippen molar-refractivity contribution >= 4 is 23.4 Å². The number of carbonyl (C=O) groups excluding carboxylic acids is 3. The number of alkyl halides is 3. The average Bonchev–Trinajstić information content (AvgIpc) is 2.58. The summed E-state index contributed by atoms with van der Waals surface area (Å²) >= 11 is 0. The number of nitrogens with two attached hydrogens (primary N) is 2. The second kappa shape index (κ2) is 10.0. The van der Waals surface area contributed by atoms with E-state index in [9.17, 15) is 27.6 Å². The Morgan fingerprint density at radius 1 is 1.14 bits per heavy atom. The number of hydrogen-bond donors (Lipinski definition) is 3. The fraction of sp³-hybridized carbons (Fsp3) is 0.444. The Labute approximate surface area is 165 Å². The van der Waals surface area contributed by atoms with Gasteiger partial charge in [0.2, 0.25) is 5.91 Å². The van der Waals surface area contributed by atoms with Crippen molar-refractivity contribution in [3.05, 3.63) is 29.8 Å². The predicted molar refractivity (Wildman–Crippen MR) is 99.0 cm³/mol. The molecule has 0 saturated heterocycles. The monoisotopic (exact) mass is 416 g/mol. The Balaban J connectivity index is 2.89. The van der Waals surface area contributed by atoms with Gasteiger partial charge in [0.15, 0.2) is 0 Å². The van der Waals surface area contributed by atoms with Crippen molar-refractivity contribution in [1.29, 1.82) is 0 Å². The van der Waals surface area contributed by atoms with Gasteiger partial charge >= 0.3 is 6.36 Å². The number of hydrogen-bond acceptors (Lipinski definition) is 5. The molecule has 11 heteroatoms. The summed E-state index contributed by atoms with van der Waals surface area (Å²) in [4.78, 5) is 39.7. The van der Waals surface area contributed by atoms with E-state index in [1.54, 1.807) is 0 Å². The molecule has 0 aliphatic heterocycles. The third-order valence-electron chi connectivity index (χ3n) is 3.69. The van der Waals surface area contributed by atoms with Crippen LogP contribution in [0.1, 0.15) is 32.3 Å². The molecule has 1 aromatic rings. The predicted octanol–water partition coefficient (Wildman–Crippen LogP) is 1.21. The topological polar surface area (TPSA) is 137 Å². The van der Waals surface area contributed by atoms with Gasteiger partial charge in [-0.25, -0.2) is 4.99 Å². The standard InChI is InChI=1S/C18H23F3N4O4/c1-17(2,16(23)28)25-15(27)13(4-3-9-22)24-14(26)10-11-5-7-12(8-6-11)29-18(19,20)21/h5-8H,3-4,9-10,22H2,1-2H3,(H2,23,28)(H,25,27). The quantitative estimate of drug-likeness (QED) is 0.520. The van der Waals surface area contributed by atoms with Crippen LogP contribution in [0, 0.1) is 0 Å². The van der Waals surface area contributed by atoms with E-state index in [-0.39, 0.29) is 25.1 Å². The number of benzene rings is 1. The number of halogens is 3. The summed E-state index contributed by atoms with van der Waals surface area (Å²) < 4.78 is 40.3. The lowest BCUT2D eigenvalue weighted by Gasteiger charge is -2.22. The maximum Gasteiger partial charge on any atom is 0.573 e. The summed E-state index contributed by atoms with van der Waals surface area (Å²) in [6, 6.07) is 4.70. The van der Waals surface area contributed by atoms with E-state index >= 15 is 0 Å².